The van der Waals surface area contributed by atoms with E-state index in [1.54, 1.807) is 11.3 Å². The highest BCUT2D eigenvalue weighted by atomic mass is 32.1. The van der Waals surface area contributed by atoms with Crippen molar-refractivity contribution in [3.8, 4) is 0 Å². The van der Waals surface area contributed by atoms with Gasteiger partial charge in [0, 0.05) is 6.42 Å². The Morgan fingerprint density at radius 3 is 2.72 bits per heavy atom. The summed E-state index contributed by atoms with van der Waals surface area (Å²) in [5, 5.41) is 6.18. The SMILES string of the molecule is O=C1NN=C(c2cccs2)C[C@H]1c1ccccc1. The molecule has 3 rings (SSSR count). The molecule has 1 atom stereocenters. The zero-order chi connectivity index (χ0) is 12.4. The fraction of sp³-hybridized carbons (Fsp3) is 0.143. The Bertz CT molecular complexity index is 575. The number of hydrazone groups is 1. The van der Waals surface area contributed by atoms with Gasteiger partial charge in [-0.25, -0.2) is 5.43 Å². The van der Waals surface area contributed by atoms with Crippen molar-refractivity contribution >= 4 is 23.0 Å². The number of carbonyl (C=O) groups excluding carboxylic acids is 1. The normalized spacial score (nSPS) is 19.2. The number of hydrogen-bond acceptors (Lipinski definition) is 3. The third-order valence-corrected chi connectivity index (χ3v) is 3.94. The second-order valence-electron chi connectivity index (χ2n) is 4.18. The molecule has 0 aliphatic carbocycles. The lowest BCUT2D eigenvalue weighted by Crippen LogP contribution is -2.33. The van der Waals surface area contributed by atoms with Crippen molar-refractivity contribution in [1.82, 2.24) is 5.43 Å². The van der Waals surface area contributed by atoms with Gasteiger partial charge in [-0.15, -0.1) is 11.3 Å². The van der Waals surface area contributed by atoms with Crippen LogP contribution in [0, 0.1) is 0 Å². The number of rotatable bonds is 2. The van der Waals surface area contributed by atoms with Crippen molar-refractivity contribution in [2.45, 2.75) is 12.3 Å². The molecule has 1 amide bonds. The molecule has 1 aliphatic rings. The van der Waals surface area contributed by atoms with Crippen LogP contribution in [0.15, 0.2) is 52.9 Å². The van der Waals surface area contributed by atoms with Gasteiger partial charge in [-0.2, -0.15) is 5.10 Å². The molecule has 1 aromatic carbocycles. The molecule has 0 saturated carbocycles. The molecule has 0 unspecified atom stereocenters. The molecule has 0 fully saturated rings. The lowest BCUT2D eigenvalue weighted by atomic mass is 9.91. The summed E-state index contributed by atoms with van der Waals surface area (Å²) in [7, 11) is 0. The van der Waals surface area contributed by atoms with Gasteiger partial charge in [-0.05, 0) is 17.0 Å². The summed E-state index contributed by atoms with van der Waals surface area (Å²) >= 11 is 1.65. The quantitative estimate of drug-likeness (QED) is 0.882. The van der Waals surface area contributed by atoms with E-state index in [1.807, 2.05) is 47.8 Å². The Morgan fingerprint density at radius 1 is 1.17 bits per heavy atom. The van der Waals surface area contributed by atoms with Crippen LogP contribution in [-0.2, 0) is 4.79 Å². The molecule has 0 bridgehead atoms. The smallest absolute Gasteiger partial charge is 0.248 e. The summed E-state index contributed by atoms with van der Waals surface area (Å²) in [4.78, 5) is 13.0. The van der Waals surface area contributed by atoms with Crippen molar-refractivity contribution in [2.24, 2.45) is 5.10 Å². The first-order valence-electron chi connectivity index (χ1n) is 5.80. The molecule has 2 aromatic rings. The van der Waals surface area contributed by atoms with Crippen LogP contribution in [0.25, 0.3) is 0 Å². The molecule has 0 radical (unpaired) electrons. The molecular weight excluding hydrogens is 244 g/mol. The van der Waals surface area contributed by atoms with Crippen LogP contribution in [0.2, 0.25) is 0 Å². The van der Waals surface area contributed by atoms with Crippen LogP contribution in [0.1, 0.15) is 22.8 Å². The molecule has 2 heterocycles. The van der Waals surface area contributed by atoms with Gasteiger partial charge in [0.1, 0.15) is 0 Å². The Morgan fingerprint density at radius 2 is 2.00 bits per heavy atom. The van der Waals surface area contributed by atoms with E-state index in [2.05, 4.69) is 10.5 Å². The van der Waals surface area contributed by atoms with E-state index in [1.165, 1.54) is 0 Å². The highest BCUT2D eigenvalue weighted by Crippen LogP contribution is 2.26. The summed E-state index contributed by atoms with van der Waals surface area (Å²) in [5.74, 6) is -0.165. The Kier molecular flexibility index (Phi) is 2.94. The predicted octanol–water partition coefficient (Wildman–Crippen LogP) is 2.76. The summed E-state index contributed by atoms with van der Waals surface area (Å²) in [6.45, 7) is 0. The third-order valence-electron chi connectivity index (χ3n) is 3.02. The second-order valence-corrected chi connectivity index (χ2v) is 5.13. The minimum atomic E-state index is -0.138. The average Bonchev–Trinajstić information content (AvgIpc) is 2.94. The van der Waals surface area contributed by atoms with E-state index in [9.17, 15) is 4.79 Å². The Hall–Kier alpha value is -1.94. The van der Waals surface area contributed by atoms with Crippen LogP contribution in [0.3, 0.4) is 0 Å². The standard InChI is InChI=1S/C14H12N2OS/c17-14-11(10-5-2-1-3-6-10)9-12(15-16-14)13-7-4-8-18-13/h1-8,11H,9H2,(H,16,17)/t11-/m0/s1. The largest absolute Gasteiger partial charge is 0.272 e. The topological polar surface area (TPSA) is 41.5 Å². The van der Waals surface area contributed by atoms with E-state index < -0.39 is 0 Å². The third kappa shape index (κ3) is 2.07. The molecule has 1 aromatic heterocycles. The molecule has 3 nitrogen and oxygen atoms in total. The molecule has 0 spiro atoms. The maximum absolute atomic E-state index is 11.9. The van der Waals surface area contributed by atoms with Crippen LogP contribution < -0.4 is 5.43 Å². The minimum Gasteiger partial charge on any atom is -0.272 e. The Labute approximate surface area is 109 Å². The molecule has 90 valence electrons. The van der Waals surface area contributed by atoms with Gasteiger partial charge in [0.05, 0.1) is 16.5 Å². The van der Waals surface area contributed by atoms with Gasteiger partial charge < -0.3 is 0 Å². The van der Waals surface area contributed by atoms with Crippen LogP contribution in [-0.4, -0.2) is 11.6 Å². The zero-order valence-electron chi connectivity index (χ0n) is 9.67. The lowest BCUT2D eigenvalue weighted by Gasteiger charge is -2.21. The zero-order valence-corrected chi connectivity index (χ0v) is 10.5. The highest BCUT2D eigenvalue weighted by molar-refractivity contribution is 7.12. The van der Waals surface area contributed by atoms with Crippen molar-refractivity contribution in [1.29, 1.82) is 0 Å². The predicted molar refractivity (Wildman–Crippen MR) is 72.8 cm³/mol. The summed E-state index contributed by atoms with van der Waals surface area (Å²) in [6.07, 6.45) is 0.663. The van der Waals surface area contributed by atoms with E-state index in [0.717, 1.165) is 16.2 Å². The monoisotopic (exact) mass is 256 g/mol. The molecule has 1 aliphatic heterocycles. The van der Waals surface area contributed by atoms with Crippen molar-refractivity contribution in [3.63, 3.8) is 0 Å². The summed E-state index contributed by atoms with van der Waals surface area (Å²) < 4.78 is 0. The van der Waals surface area contributed by atoms with E-state index in [0.29, 0.717) is 6.42 Å². The van der Waals surface area contributed by atoms with Crippen molar-refractivity contribution in [3.05, 3.63) is 58.3 Å². The van der Waals surface area contributed by atoms with Gasteiger partial charge in [-0.3, -0.25) is 4.79 Å². The van der Waals surface area contributed by atoms with E-state index in [4.69, 9.17) is 0 Å². The number of amides is 1. The number of carbonyl (C=O) groups is 1. The van der Waals surface area contributed by atoms with E-state index >= 15 is 0 Å². The van der Waals surface area contributed by atoms with Crippen LogP contribution >= 0.6 is 11.3 Å². The molecular formula is C14H12N2OS. The number of hydrogen-bond donors (Lipinski definition) is 1. The van der Waals surface area contributed by atoms with E-state index in [-0.39, 0.29) is 11.8 Å². The van der Waals surface area contributed by atoms with Gasteiger partial charge in [-0.1, -0.05) is 36.4 Å². The average molecular weight is 256 g/mol. The van der Waals surface area contributed by atoms with Crippen LogP contribution in [0.5, 0.6) is 0 Å². The van der Waals surface area contributed by atoms with Gasteiger partial charge in [0.25, 0.3) is 0 Å². The first-order valence-corrected chi connectivity index (χ1v) is 6.68. The number of benzene rings is 1. The van der Waals surface area contributed by atoms with Gasteiger partial charge in [0.2, 0.25) is 5.91 Å². The highest BCUT2D eigenvalue weighted by Gasteiger charge is 2.27. The summed E-state index contributed by atoms with van der Waals surface area (Å²) in [6, 6.07) is 13.9. The number of nitrogens with zero attached hydrogens (tertiary/aromatic N) is 1. The molecule has 4 heteroatoms. The maximum Gasteiger partial charge on any atom is 0.248 e. The second kappa shape index (κ2) is 4.74. The number of thiophene rings is 1. The molecule has 1 N–H and O–H groups in total. The Balaban J connectivity index is 1.90. The van der Waals surface area contributed by atoms with Gasteiger partial charge >= 0.3 is 0 Å². The van der Waals surface area contributed by atoms with Crippen molar-refractivity contribution < 1.29 is 4.79 Å². The van der Waals surface area contributed by atoms with Crippen LogP contribution in [0.4, 0.5) is 0 Å². The minimum absolute atomic E-state index is 0.0264. The first kappa shape index (κ1) is 11.2. The molecule has 0 saturated heterocycles. The fourth-order valence-electron chi connectivity index (χ4n) is 2.09. The first-order chi connectivity index (χ1) is 8.84. The molecule has 18 heavy (non-hydrogen) atoms. The maximum atomic E-state index is 11.9. The lowest BCUT2D eigenvalue weighted by molar-refractivity contribution is -0.122. The fourth-order valence-corrected chi connectivity index (χ4v) is 2.81. The van der Waals surface area contributed by atoms with Gasteiger partial charge in [0.15, 0.2) is 0 Å². The van der Waals surface area contributed by atoms with Crippen molar-refractivity contribution in [2.75, 3.05) is 0 Å². The summed E-state index contributed by atoms with van der Waals surface area (Å²) in [5.41, 5.74) is 4.62. The number of nitrogens with one attached hydrogen (secondary N) is 1.